The summed E-state index contributed by atoms with van der Waals surface area (Å²) < 4.78 is 0. The van der Waals surface area contributed by atoms with Crippen molar-refractivity contribution in [1.82, 2.24) is 10.3 Å². The number of halogens is 1. The molecular weight excluding hydrogens is 328 g/mol. The van der Waals surface area contributed by atoms with Gasteiger partial charge in [0.15, 0.2) is 0 Å². The molecular formula is C17H19ClN4O2. The molecule has 1 aromatic heterocycles. The van der Waals surface area contributed by atoms with Crippen molar-refractivity contribution in [3.8, 4) is 0 Å². The van der Waals surface area contributed by atoms with Crippen LogP contribution in [0.15, 0.2) is 48.7 Å². The molecule has 0 aliphatic rings. The number of amides is 2. The number of unbranched alkanes of at least 4 members (excludes halogenated alkanes) is 1. The molecule has 2 aromatic rings. The fourth-order valence-electron chi connectivity index (χ4n) is 1.96. The molecule has 6 nitrogen and oxygen atoms in total. The Labute approximate surface area is 145 Å². The first-order valence-corrected chi connectivity index (χ1v) is 8.03. The average Bonchev–Trinajstić information content (AvgIpc) is 2.60. The largest absolute Gasteiger partial charge is 0.370 e. The van der Waals surface area contributed by atoms with Crippen LogP contribution in [0.2, 0.25) is 5.02 Å². The number of hydrogen-bond donors (Lipinski definition) is 3. The highest BCUT2D eigenvalue weighted by atomic mass is 35.5. The van der Waals surface area contributed by atoms with Gasteiger partial charge in [0.25, 0.3) is 0 Å². The topological polar surface area (TPSA) is 83.1 Å². The third-order valence-corrected chi connectivity index (χ3v) is 3.52. The highest BCUT2D eigenvalue weighted by Gasteiger charge is 2.13. The Kier molecular flexibility index (Phi) is 7.04. The lowest BCUT2D eigenvalue weighted by atomic mass is 10.3. The molecule has 3 N–H and O–H groups in total. The van der Waals surface area contributed by atoms with Crippen LogP contribution in [0.25, 0.3) is 0 Å². The van der Waals surface area contributed by atoms with E-state index in [9.17, 15) is 9.59 Å². The van der Waals surface area contributed by atoms with Crippen molar-refractivity contribution in [2.75, 3.05) is 23.7 Å². The van der Waals surface area contributed by atoms with E-state index in [0.29, 0.717) is 17.3 Å². The van der Waals surface area contributed by atoms with Gasteiger partial charge in [-0.1, -0.05) is 29.8 Å². The minimum Gasteiger partial charge on any atom is -0.370 e. The first kappa shape index (κ1) is 17.7. The summed E-state index contributed by atoms with van der Waals surface area (Å²) in [6, 6.07) is 12.4. The molecule has 2 amide bonds. The van der Waals surface area contributed by atoms with Gasteiger partial charge in [0, 0.05) is 19.3 Å². The van der Waals surface area contributed by atoms with Gasteiger partial charge in [-0.2, -0.15) is 0 Å². The second kappa shape index (κ2) is 9.52. The Bertz CT molecular complexity index is 679. The zero-order chi connectivity index (χ0) is 17.2. The zero-order valence-corrected chi connectivity index (χ0v) is 13.8. The van der Waals surface area contributed by atoms with Crippen molar-refractivity contribution in [1.29, 1.82) is 0 Å². The van der Waals surface area contributed by atoms with E-state index in [1.54, 1.807) is 30.5 Å². The second-order valence-electron chi connectivity index (χ2n) is 5.04. The van der Waals surface area contributed by atoms with E-state index >= 15 is 0 Å². The Morgan fingerprint density at radius 2 is 1.71 bits per heavy atom. The van der Waals surface area contributed by atoms with Crippen LogP contribution < -0.4 is 16.0 Å². The average molecular weight is 347 g/mol. The van der Waals surface area contributed by atoms with E-state index in [2.05, 4.69) is 20.9 Å². The van der Waals surface area contributed by atoms with Crippen LogP contribution in [-0.2, 0) is 9.59 Å². The molecule has 0 atom stereocenters. The normalized spacial score (nSPS) is 10.0. The van der Waals surface area contributed by atoms with Gasteiger partial charge in [0.05, 0.1) is 10.7 Å². The Balaban J connectivity index is 1.61. The van der Waals surface area contributed by atoms with Gasteiger partial charge in [-0.15, -0.1) is 0 Å². The van der Waals surface area contributed by atoms with Gasteiger partial charge < -0.3 is 16.0 Å². The molecule has 0 bridgehead atoms. The van der Waals surface area contributed by atoms with Crippen LogP contribution in [0.5, 0.6) is 0 Å². The fraction of sp³-hybridized carbons (Fsp3) is 0.235. The predicted octanol–water partition coefficient (Wildman–Crippen LogP) is 2.68. The van der Waals surface area contributed by atoms with Crippen LogP contribution in [0.3, 0.4) is 0 Å². The highest BCUT2D eigenvalue weighted by molar-refractivity contribution is 6.41. The van der Waals surface area contributed by atoms with Gasteiger partial charge >= 0.3 is 11.8 Å². The van der Waals surface area contributed by atoms with Crippen LogP contribution in [0.1, 0.15) is 12.8 Å². The minimum absolute atomic E-state index is 0.388. The molecule has 0 radical (unpaired) electrons. The van der Waals surface area contributed by atoms with E-state index in [4.69, 9.17) is 11.6 Å². The molecule has 1 aromatic carbocycles. The van der Waals surface area contributed by atoms with Crippen LogP contribution >= 0.6 is 11.6 Å². The third kappa shape index (κ3) is 5.89. The van der Waals surface area contributed by atoms with E-state index in [0.717, 1.165) is 25.2 Å². The van der Waals surface area contributed by atoms with E-state index < -0.39 is 11.8 Å². The summed E-state index contributed by atoms with van der Waals surface area (Å²) in [5, 5.41) is 8.63. The number of nitrogens with zero attached hydrogens (tertiary/aromatic N) is 1. The molecule has 0 aliphatic heterocycles. The zero-order valence-electron chi connectivity index (χ0n) is 13.1. The van der Waals surface area contributed by atoms with Gasteiger partial charge in [0.1, 0.15) is 5.82 Å². The highest BCUT2D eigenvalue weighted by Crippen LogP contribution is 2.20. The molecule has 1 heterocycles. The molecule has 126 valence electrons. The van der Waals surface area contributed by atoms with Crippen molar-refractivity contribution in [3.63, 3.8) is 0 Å². The van der Waals surface area contributed by atoms with Crippen LogP contribution in [0, 0.1) is 0 Å². The SMILES string of the molecule is O=C(NCCCCNc1ccccn1)C(=O)Nc1ccccc1Cl. The summed E-state index contributed by atoms with van der Waals surface area (Å²) in [4.78, 5) is 27.6. The molecule has 7 heteroatoms. The number of nitrogens with one attached hydrogen (secondary N) is 3. The number of carbonyl (C=O) groups excluding carboxylic acids is 2. The number of carbonyl (C=O) groups is 2. The summed E-state index contributed by atoms with van der Waals surface area (Å²) in [6.07, 6.45) is 3.33. The third-order valence-electron chi connectivity index (χ3n) is 3.19. The molecule has 0 aliphatic carbocycles. The van der Waals surface area contributed by atoms with Crippen LogP contribution in [-0.4, -0.2) is 29.9 Å². The summed E-state index contributed by atoms with van der Waals surface area (Å²) in [7, 11) is 0. The quantitative estimate of drug-likeness (QED) is 0.531. The number of hydrogen-bond acceptors (Lipinski definition) is 4. The van der Waals surface area contributed by atoms with Gasteiger partial charge in [-0.3, -0.25) is 9.59 Å². The maximum Gasteiger partial charge on any atom is 0.313 e. The molecule has 0 saturated carbocycles. The number of aromatic nitrogens is 1. The summed E-state index contributed by atoms with van der Waals surface area (Å²) in [5.74, 6) is -0.581. The number of anilines is 2. The van der Waals surface area contributed by atoms with Crippen LogP contribution in [0.4, 0.5) is 11.5 Å². The molecule has 24 heavy (non-hydrogen) atoms. The number of benzene rings is 1. The molecule has 0 unspecified atom stereocenters. The van der Waals surface area contributed by atoms with E-state index in [1.807, 2.05) is 18.2 Å². The first-order chi connectivity index (χ1) is 11.7. The Hall–Kier alpha value is -2.60. The lowest BCUT2D eigenvalue weighted by Gasteiger charge is -2.08. The summed E-state index contributed by atoms with van der Waals surface area (Å²) >= 11 is 5.93. The standard InChI is InChI=1S/C17H19ClN4O2/c18-13-7-1-2-8-14(13)22-17(24)16(23)21-12-6-5-11-20-15-9-3-4-10-19-15/h1-4,7-10H,5-6,11-12H2,(H,19,20)(H,21,23)(H,22,24). The fourth-order valence-corrected chi connectivity index (χ4v) is 2.14. The maximum atomic E-state index is 11.8. The Morgan fingerprint density at radius 3 is 2.46 bits per heavy atom. The molecule has 0 saturated heterocycles. The Morgan fingerprint density at radius 1 is 0.958 bits per heavy atom. The first-order valence-electron chi connectivity index (χ1n) is 7.65. The van der Waals surface area contributed by atoms with Gasteiger partial charge in [-0.05, 0) is 37.1 Å². The lowest BCUT2D eigenvalue weighted by Crippen LogP contribution is -2.36. The number of pyridine rings is 1. The van der Waals surface area contributed by atoms with Crippen molar-refractivity contribution in [2.24, 2.45) is 0 Å². The van der Waals surface area contributed by atoms with E-state index in [1.165, 1.54) is 0 Å². The molecule has 0 fully saturated rings. The minimum atomic E-state index is -0.727. The predicted molar refractivity (Wildman–Crippen MR) is 95.1 cm³/mol. The van der Waals surface area contributed by atoms with Gasteiger partial charge in [-0.25, -0.2) is 4.98 Å². The second-order valence-corrected chi connectivity index (χ2v) is 5.45. The summed E-state index contributed by atoms with van der Waals surface area (Å²) in [6.45, 7) is 1.18. The number of para-hydroxylation sites is 1. The maximum absolute atomic E-state index is 11.8. The van der Waals surface area contributed by atoms with Crippen molar-refractivity contribution < 1.29 is 9.59 Å². The molecule has 0 spiro atoms. The number of rotatable bonds is 7. The van der Waals surface area contributed by atoms with Crippen molar-refractivity contribution in [3.05, 3.63) is 53.7 Å². The molecule has 2 rings (SSSR count). The lowest BCUT2D eigenvalue weighted by molar-refractivity contribution is -0.136. The summed E-state index contributed by atoms with van der Waals surface area (Å²) in [5.41, 5.74) is 0.416. The van der Waals surface area contributed by atoms with Crippen molar-refractivity contribution in [2.45, 2.75) is 12.8 Å². The van der Waals surface area contributed by atoms with Gasteiger partial charge in [0.2, 0.25) is 0 Å². The monoisotopic (exact) mass is 346 g/mol. The smallest absolute Gasteiger partial charge is 0.313 e. The van der Waals surface area contributed by atoms with Crippen molar-refractivity contribution >= 4 is 34.9 Å². The van der Waals surface area contributed by atoms with E-state index in [-0.39, 0.29) is 0 Å².